The minimum absolute atomic E-state index is 0.0821. The second kappa shape index (κ2) is 14.6. The van der Waals surface area contributed by atoms with Gasteiger partial charge in [-0.25, -0.2) is 13.4 Å². The number of aliphatic hydroxyl groups is 1. The number of amides is 1. The van der Waals surface area contributed by atoms with Gasteiger partial charge in [0.2, 0.25) is 0 Å². The van der Waals surface area contributed by atoms with Crippen molar-refractivity contribution in [1.82, 2.24) is 10.3 Å². The lowest BCUT2D eigenvalue weighted by molar-refractivity contribution is -0.236. The van der Waals surface area contributed by atoms with E-state index < -0.39 is 71.4 Å². The minimum atomic E-state index is -4.53. The Labute approximate surface area is 267 Å². The second-order valence-corrected chi connectivity index (χ2v) is 13.0. The summed E-state index contributed by atoms with van der Waals surface area (Å²) in [6.45, 7) is 0.598. The zero-order chi connectivity index (χ0) is 34.4. The Morgan fingerprint density at radius 1 is 1.11 bits per heavy atom. The molecule has 10 nitrogen and oxygen atoms in total. The molecule has 16 heteroatoms. The molecule has 0 spiro atoms. The van der Waals surface area contributed by atoms with E-state index in [9.17, 15) is 40.3 Å². The third-order valence-electron chi connectivity index (χ3n) is 7.45. The van der Waals surface area contributed by atoms with Crippen molar-refractivity contribution in [1.29, 1.82) is 5.26 Å². The summed E-state index contributed by atoms with van der Waals surface area (Å²) >= 11 is 0. The summed E-state index contributed by atoms with van der Waals surface area (Å²) in [5.41, 5.74) is -0.293. The average Bonchev–Trinajstić information content (AvgIpc) is 3.45. The first kappa shape index (κ1) is 35.5. The third kappa shape index (κ3) is 9.15. The summed E-state index contributed by atoms with van der Waals surface area (Å²) in [4.78, 5) is 19.0. The van der Waals surface area contributed by atoms with E-state index in [1.165, 1.54) is 55.6 Å². The molecule has 3 atom stereocenters. The quantitative estimate of drug-likeness (QED) is 0.241. The first-order valence-electron chi connectivity index (χ1n) is 14.4. The van der Waals surface area contributed by atoms with Gasteiger partial charge in [0.25, 0.3) is 5.91 Å². The fraction of sp³-hybridized carbons (Fsp3) is 0.387. The van der Waals surface area contributed by atoms with Crippen molar-refractivity contribution in [3.63, 3.8) is 0 Å². The molecular weight excluding hydrogens is 651 g/mol. The Hall–Kier alpha value is -4.33. The standard InChI is InChI=1S/C31H31F5N4O6S/c1-2-47(43,44)26-10-3-20(4-11-26)27(18-41)39-29(42)21-5-12-28(38-16-21)40-17-25(15-23(40)19-45-30(32,33)13-14-37)46-24-8-6-22(7-9-24)31(34,35)36/h3-12,16,23,25,27,41H,2,13,15,17-19H2,1H3,(H,39,42)/t23-,25?,27-/m0/s1. The summed E-state index contributed by atoms with van der Waals surface area (Å²) in [5, 5.41) is 21.2. The molecule has 0 radical (unpaired) electrons. The minimum Gasteiger partial charge on any atom is -0.489 e. The van der Waals surface area contributed by atoms with Crippen LogP contribution in [0.5, 0.6) is 5.75 Å². The van der Waals surface area contributed by atoms with E-state index in [1.807, 2.05) is 0 Å². The van der Waals surface area contributed by atoms with Gasteiger partial charge in [0.1, 0.15) is 24.1 Å². The molecule has 2 aromatic carbocycles. The first-order valence-corrected chi connectivity index (χ1v) is 16.0. The van der Waals surface area contributed by atoms with E-state index >= 15 is 0 Å². The highest BCUT2D eigenvalue weighted by Crippen LogP contribution is 2.33. The number of anilines is 1. The molecular formula is C31H31F5N4O6S. The normalized spacial score (nSPS) is 17.6. The summed E-state index contributed by atoms with van der Waals surface area (Å²) in [6, 6.07) is 12.5. The van der Waals surface area contributed by atoms with Gasteiger partial charge in [-0.05, 0) is 54.1 Å². The van der Waals surface area contributed by atoms with Gasteiger partial charge >= 0.3 is 12.3 Å². The highest BCUT2D eigenvalue weighted by atomic mass is 32.2. The highest BCUT2D eigenvalue weighted by Gasteiger charge is 2.38. The van der Waals surface area contributed by atoms with Crippen LogP contribution in [-0.2, 0) is 20.8 Å². The zero-order valence-corrected chi connectivity index (χ0v) is 25.8. The van der Waals surface area contributed by atoms with Crippen LogP contribution in [-0.4, -0.2) is 68.2 Å². The monoisotopic (exact) mass is 682 g/mol. The molecule has 47 heavy (non-hydrogen) atoms. The van der Waals surface area contributed by atoms with Crippen molar-refractivity contribution in [3.8, 4) is 11.8 Å². The molecule has 1 aliphatic rings. The Balaban J connectivity index is 1.47. The number of halogens is 5. The van der Waals surface area contributed by atoms with E-state index in [1.54, 1.807) is 4.90 Å². The Morgan fingerprint density at radius 3 is 2.34 bits per heavy atom. The van der Waals surface area contributed by atoms with Crippen molar-refractivity contribution in [2.75, 3.05) is 30.4 Å². The van der Waals surface area contributed by atoms with Gasteiger partial charge < -0.3 is 24.8 Å². The number of sulfone groups is 1. The predicted molar refractivity (Wildman–Crippen MR) is 158 cm³/mol. The van der Waals surface area contributed by atoms with Gasteiger partial charge in [0.05, 0.1) is 59.7 Å². The van der Waals surface area contributed by atoms with Crippen LogP contribution in [0.1, 0.15) is 47.3 Å². The topological polar surface area (TPSA) is 142 Å². The molecule has 1 saturated heterocycles. The van der Waals surface area contributed by atoms with Gasteiger partial charge in [-0.15, -0.1) is 0 Å². The number of carbonyl (C=O) groups is 1. The van der Waals surface area contributed by atoms with Crippen molar-refractivity contribution in [2.24, 2.45) is 0 Å². The number of nitriles is 1. The van der Waals surface area contributed by atoms with Crippen LogP contribution < -0.4 is 15.0 Å². The molecule has 1 aliphatic heterocycles. The van der Waals surface area contributed by atoms with Crippen LogP contribution in [0, 0.1) is 11.3 Å². The van der Waals surface area contributed by atoms with E-state index in [4.69, 9.17) is 14.7 Å². The number of alkyl halides is 5. The highest BCUT2D eigenvalue weighted by molar-refractivity contribution is 7.91. The van der Waals surface area contributed by atoms with Crippen molar-refractivity contribution < 1.29 is 49.7 Å². The van der Waals surface area contributed by atoms with Crippen LogP contribution in [0.15, 0.2) is 71.8 Å². The summed E-state index contributed by atoms with van der Waals surface area (Å²) in [5.74, 6) is -0.279. The van der Waals surface area contributed by atoms with Crippen LogP contribution in [0.2, 0.25) is 0 Å². The number of aliphatic hydroxyl groups excluding tert-OH is 1. The maximum absolute atomic E-state index is 14.0. The van der Waals surface area contributed by atoms with Crippen molar-refractivity contribution in [2.45, 2.75) is 55.1 Å². The fourth-order valence-electron chi connectivity index (χ4n) is 4.91. The summed E-state index contributed by atoms with van der Waals surface area (Å²) in [6.07, 6.45) is -8.69. The Morgan fingerprint density at radius 2 is 1.79 bits per heavy atom. The smallest absolute Gasteiger partial charge is 0.416 e. The number of hydrogen-bond donors (Lipinski definition) is 2. The molecule has 0 aliphatic carbocycles. The predicted octanol–water partition coefficient (Wildman–Crippen LogP) is 4.91. The molecule has 1 unspecified atom stereocenters. The molecule has 4 rings (SSSR count). The third-order valence-corrected chi connectivity index (χ3v) is 9.20. The van der Waals surface area contributed by atoms with Gasteiger partial charge in [0, 0.05) is 12.6 Å². The molecule has 0 saturated carbocycles. The number of pyridine rings is 1. The van der Waals surface area contributed by atoms with Crippen molar-refractivity contribution in [3.05, 3.63) is 83.6 Å². The first-order chi connectivity index (χ1) is 22.2. The zero-order valence-electron chi connectivity index (χ0n) is 25.0. The average molecular weight is 683 g/mol. The number of carbonyl (C=O) groups excluding carboxylic acids is 1. The summed E-state index contributed by atoms with van der Waals surface area (Å²) < 4.78 is 102. The maximum atomic E-state index is 14.0. The van der Waals surface area contributed by atoms with Crippen LogP contribution in [0.4, 0.5) is 27.8 Å². The molecule has 1 aromatic heterocycles. The van der Waals surface area contributed by atoms with Gasteiger partial charge in [0.15, 0.2) is 9.84 Å². The number of rotatable bonds is 13. The number of hydrogen-bond acceptors (Lipinski definition) is 9. The molecule has 2 N–H and O–H groups in total. The molecule has 3 aromatic rings. The lowest BCUT2D eigenvalue weighted by Gasteiger charge is -2.26. The number of benzene rings is 2. The molecule has 0 bridgehead atoms. The molecule has 252 valence electrons. The molecule has 1 amide bonds. The number of aromatic nitrogens is 1. The number of nitrogens with one attached hydrogen (secondary N) is 1. The number of nitrogens with zero attached hydrogens (tertiary/aromatic N) is 3. The van der Waals surface area contributed by atoms with Gasteiger partial charge in [-0.1, -0.05) is 19.1 Å². The van der Waals surface area contributed by atoms with E-state index in [2.05, 4.69) is 10.3 Å². The van der Waals surface area contributed by atoms with Crippen LogP contribution in [0.25, 0.3) is 0 Å². The van der Waals surface area contributed by atoms with Crippen LogP contribution >= 0.6 is 0 Å². The maximum Gasteiger partial charge on any atom is 0.416 e. The lowest BCUT2D eigenvalue weighted by Crippen LogP contribution is -2.37. The van der Waals surface area contributed by atoms with E-state index in [0.717, 1.165) is 24.3 Å². The van der Waals surface area contributed by atoms with Gasteiger partial charge in [-0.3, -0.25) is 4.79 Å². The van der Waals surface area contributed by atoms with Crippen molar-refractivity contribution >= 4 is 21.6 Å². The molecule has 2 heterocycles. The van der Waals surface area contributed by atoms with Gasteiger partial charge in [-0.2, -0.15) is 27.2 Å². The van der Waals surface area contributed by atoms with E-state index in [-0.39, 0.29) is 40.7 Å². The Bertz CT molecular complexity index is 1660. The number of ether oxygens (including phenoxy) is 2. The van der Waals surface area contributed by atoms with E-state index in [0.29, 0.717) is 5.56 Å². The lowest BCUT2D eigenvalue weighted by atomic mass is 10.1. The molecule has 1 fully saturated rings. The van der Waals surface area contributed by atoms with Crippen LogP contribution in [0.3, 0.4) is 0 Å². The summed E-state index contributed by atoms with van der Waals surface area (Å²) in [7, 11) is -3.43. The largest absolute Gasteiger partial charge is 0.489 e. The SMILES string of the molecule is CCS(=O)(=O)c1ccc([C@H](CO)NC(=O)c2ccc(N3CC(Oc4ccc(C(F)(F)F)cc4)C[C@H]3COC(F)(F)CC#N)nc2)cc1. The second-order valence-electron chi connectivity index (χ2n) is 10.7. The Kier molecular flexibility index (Phi) is 11.0. The fourth-order valence-corrected chi connectivity index (χ4v) is 5.80.